The van der Waals surface area contributed by atoms with Crippen molar-refractivity contribution in [1.82, 2.24) is 4.90 Å². The van der Waals surface area contributed by atoms with E-state index >= 15 is 0 Å². The SMILES string of the molecule is COCCOCOc1ccc2cc(C(=O)N(C)Cc3cccc(-c4ccc(Br)cc4)c3)ccc2c1. The molecule has 5 nitrogen and oxygen atoms in total. The molecule has 0 spiro atoms. The number of ether oxygens (including phenoxy) is 3. The van der Waals surface area contributed by atoms with E-state index in [4.69, 9.17) is 14.2 Å². The number of carbonyl (C=O) groups is 1. The number of methoxy groups -OCH3 is 1. The van der Waals surface area contributed by atoms with Crippen LogP contribution in [0, 0.1) is 0 Å². The van der Waals surface area contributed by atoms with Crippen molar-refractivity contribution in [2.75, 3.05) is 34.2 Å². The Morgan fingerprint density at radius 3 is 2.43 bits per heavy atom. The molecule has 0 saturated carbocycles. The molecule has 0 bridgehead atoms. The Labute approximate surface area is 214 Å². The summed E-state index contributed by atoms with van der Waals surface area (Å²) in [4.78, 5) is 14.9. The van der Waals surface area contributed by atoms with Gasteiger partial charge in [0.15, 0.2) is 6.79 Å². The highest BCUT2D eigenvalue weighted by Crippen LogP contribution is 2.25. The van der Waals surface area contributed by atoms with Crippen LogP contribution < -0.4 is 4.74 Å². The van der Waals surface area contributed by atoms with Crippen molar-refractivity contribution in [3.8, 4) is 16.9 Å². The topological polar surface area (TPSA) is 48.0 Å². The summed E-state index contributed by atoms with van der Waals surface area (Å²) >= 11 is 3.48. The zero-order valence-corrected chi connectivity index (χ0v) is 21.5. The number of fused-ring (bicyclic) bond motifs is 1. The van der Waals surface area contributed by atoms with Crippen molar-refractivity contribution in [3.63, 3.8) is 0 Å². The molecular formula is C29H28BrNO4. The molecule has 180 valence electrons. The van der Waals surface area contributed by atoms with Gasteiger partial charge in [0, 0.05) is 30.7 Å². The molecule has 4 aromatic carbocycles. The fourth-order valence-corrected chi connectivity index (χ4v) is 4.08. The van der Waals surface area contributed by atoms with E-state index in [1.165, 1.54) is 0 Å². The van der Waals surface area contributed by atoms with Crippen molar-refractivity contribution < 1.29 is 19.0 Å². The third kappa shape index (κ3) is 6.69. The van der Waals surface area contributed by atoms with Crippen LogP contribution in [0.3, 0.4) is 0 Å². The Balaban J connectivity index is 1.41. The highest BCUT2D eigenvalue weighted by molar-refractivity contribution is 9.10. The molecule has 0 aromatic heterocycles. The standard InChI is InChI=1S/C29H28BrNO4/c1-31(19-21-4-3-5-23(16-21)22-8-11-27(30)12-9-22)29(32)26-7-6-25-18-28(13-10-24(25)17-26)35-20-34-15-14-33-2/h3-13,16-18H,14-15,19-20H2,1-2H3. The number of halogens is 1. The number of hydrogen-bond acceptors (Lipinski definition) is 4. The minimum Gasteiger partial charge on any atom is -0.468 e. The van der Waals surface area contributed by atoms with Gasteiger partial charge in [0.2, 0.25) is 0 Å². The molecule has 6 heteroatoms. The van der Waals surface area contributed by atoms with E-state index < -0.39 is 0 Å². The molecule has 0 N–H and O–H groups in total. The van der Waals surface area contributed by atoms with Gasteiger partial charge < -0.3 is 19.1 Å². The maximum Gasteiger partial charge on any atom is 0.253 e. The van der Waals surface area contributed by atoms with Gasteiger partial charge in [0.1, 0.15) is 5.75 Å². The fraction of sp³-hybridized carbons (Fsp3) is 0.207. The van der Waals surface area contributed by atoms with Gasteiger partial charge in [-0.1, -0.05) is 58.4 Å². The molecule has 4 rings (SSSR count). The maximum atomic E-state index is 13.1. The lowest BCUT2D eigenvalue weighted by molar-refractivity contribution is -0.00841. The Morgan fingerprint density at radius 1 is 0.857 bits per heavy atom. The first-order valence-corrected chi connectivity index (χ1v) is 12.2. The molecular weight excluding hydrogens is 506 g/mol. The van der Waals surface area contributed by atoms with Crippen LogP contribution in [-0.4, -0.2) is 45.0 Å². The zero-order valence-electron chi connectivity index (χ0n) is 19.9. The molecule has 0 heterocycles. The summed E-state index contributed by atoms with van der Waals surface area (Å²) in [5.74, 6) is 0.699. The molecule has 0 radical (unpaired) electrons. The van der Waals surface area contributed by atoms with Crippen molar-refractivity contribution in [2.24, 2.45) is 0 Å². The molecule has 0 aliphatic carbocycles. The predicted molar refractivity (Wildman–Crippen MR) is 143 cm³/mol. The van der Waals surface area contributed by atoms with Crippen LogP contribution in [-0.2, 0) is 16.0 Å². The summed E-state index contributed by atoms with van der Waals surface area (Å²) < 4.78 is 17.0. The molecule has 4 aromatic rings. The van der Waals surface area contributed by atoms with Crippen LogP contribution in [0.1, 0.15) is 15.9 Å². The number of carbonyl (C=O) groups excluding carboxylic acids is 1. The van der Waals surface area contributed by atoms with E-state index in [2.05, 4.69) is 40.2 Å². The molecule has 35 heavy (non-hydrogen) atoms. The molecule has 0 unspecified atom stereocenters. The normalized spacial score (nSPS) is 10.9. The van der Waals surface area contributed by atoms with E-state index in [1.807, 2.05) is 67.7 Å². The van der Waals surface area contributed by atoms with Gasteiger partial charge >= 0.3 is 0 Å². The van der Waals surface area contributed by atoms with E-state index in [0.29, 0.717) is 25.3 Å². The lowest BCUT2D eigenvalue weighted by atomic mass is 10.0. The largest absolute Gasteiger partial charge is 0.468 e. The van der Waals surface area contributed by atoms with Crippen LogP contribution in [0.15, 0.2) is 89.4 Å². The van der Waals surface area contributed by atoms with Crippen LogP contribution in [0.4, 0.5) is 0 Å². The van der Waals surface area contributed by atoms with Crippen molar-refractivity contribution in [1.29, 1.82) is 0 Å². The summed E-state index contributed by atoms with van der Waals surface area (Å²) in [6.07, 6.45) is 0. The summed E-state index contributed by atoms with van der Waals surface area (Å²) in [6.45, 7) is 1.71. The summed E-state index contributed by atoms with van der Waals surface area (Å²) in [7, 11) is 3.46. The van der Waals surface area contributed by atoms with Crippen LogP contribution in [0.2, 0.25) is 0 Å². The fourth-order valence-electron chi connectivity index (χ4n) is 3.82. The molecule has 0 aliphatic rings. The lowest BCUT2D eigenvalue weighted by Gasteiger charge is -2.18. The van der Waals surface area contributed by atoms with Crippen LogP contribution in [0.25, 0.3) is 21.9 Å². The number of amides is 1. The van der Waals surface area contributed by atoms with Gasteiger partial charge in [-0.3, -0.25) is 4.79 Å². The molecule has 0 atom stereocenters. The minimum atomic E-state index is -0.0205. The van der Waals surface area contributed by atoms with Gasteiger partial charge in [-0.15, -0.1) is 0 Å². The van der Waals surface area contributed by atoms with Gasteiger partial charge in [0.05, 0.1) is 13.2 Å². The van der Waals surface area contributed by atoms with E-state index in [0.717, 1.165) is 37.7 Å². The molecule has 0 aliphatic heterocycles. The van der Waals surface area contributed by atoms with Crippen molar-refractivity contribution in [3.05, 3.63) is 101 Å². The first kappa shape index (κ1) is 24.9. The molecule has 0 fully saturated rings. The average Bonchev–Trinajstić information content (AvgIpc) is 2.88. The molecule has 0 saturated heterocycles. The van der Waals surface area contributed by atoms with Crippen molar-refractivity contribution >= 4 is 32.6 Å². The van der Waals surface area contributed by atoms with Gasteiger partial charge in [-0.05, 0) is 69.9 Å². The zero-order chi connectivity index (χ0) is 24.6. The molecule has 1 amide bonds. The second-order valence-corrected chi connectivity index (χ2v) is 9.17. The Bertz CT molecular complexity index is 1290. The second kappa shape index (κ2) is 12.0. The van der Waals surface area contributed by atoms with Gasteiger partial charge in [0.25, 0.3) is 5.91 Å². The second-order valence-electron chi connectivity index (χ2n) is 8.26. The monoisotopic (exact) mass is 533 g/mol. The van der Waals surface area contributed by atoms with E-state index in [1.54, 1.807) is 12.0 Å². The maximum absolute atomic E-state index is 13.1. The Hall–Kier alpha value is -3.19. The van der Waals surface area contributed by atoms with Crippen LogP contribution in [0.5, 0.6) is 5.75 Å². The minimum absolute atomic E-state index is 0.0205. The third-order valence-corrected chi connectivity index (χ3v) is 6.20. The summed E-state index contributed by atoms with van der Waals surface area (Å²) in [5, 5.41) is 1.98. The van der Waals surface area contributed by atoms with Gasteiger partial charge in [-0.2, -0.15) is 0 Å². The highest BCUT2D eigenvalue weighted by atomic mass is 79.9. The lowest BCUT2D eigenvalue weighted by Crippen LogP contribution is -2.26. The highest BCUT2D eigenvalue weighted by Gasteiger charge is 2.13. The summed E-state index contributed by atoms with van der Waals surface area (Å²) in [6, 6.07) is 28.0. The quantitative estimate of drug-likeness (QED) is 0.171. The first-order valence-electron chi connectivity index (χ1n) is 11.4. The Kier molecular flexibility index (Phi) is 8.53. The first-order chi connectivity index (χ1) is 17.0. The number of rotatable bonds is 10. The smallest absolute Gasteiger partial charge is 0.253 e. The number of nitrogens with zero attached hydrogens (tertiary/aromatic N) is 1. The predicted octanol–water partition coefficient (Wildman–Crippen LogP) is 6.54. The third-order valence-electron chi connectivity index (χ3n) is 5.67. The van der Waals surface area contributed by atoms with Gasteiger partial charge in [-0.25, -0.2) is 0 Å². The average molecular weight is 534 g/mol. The van der Waals surface area contributed by atoms with E-state index in [9.17, 15) is 4.79 Å². The Morgan fingerprint density at radius 2 is 1.63 bits per heavy atom. The van der Waals surface area contributed by atoms with E-state index in [-0.39, 0.29) is 12.7 Å². The number of hydrogen-bond donors (Lipinski definition) is 0. The summed E-state index contributed by atoms with van der Waals surface area (Å²) in [5.41, 5.74) is 4.00. The van der Waals surface area contributed by atoms with Crippen LogP contribution >= 0.6 is 15.9 Å². The number of benzene rings is 4. The van der Waals surface area contributed by atoms with Crippen molar-refractivity contribution in [2.45, 2.75) is 6.54 Å².